The number of methoxy groups -OCH3 is 1. The van der Waals surface area contributed by atoms with E-state index in [9.17, 15) is 14.9 Å². The van der Waals surface area contributed by atoms with Crippen LogP contribution in [0.2, 0.25) is 0 Å². The van der Waals surface area contributed by atoms with Crippen molar-refractivity contribution < 1.29 is 14.5 Å². The summed E-state index contributed by atoms with van der Waals surface area (Å²) < 4.78 is 4.82. The second kappa shape index (κ2) is 6.88. The van der Waals surface area contributed by atoms with Crippen LogP contribution in [-0.4, -0.2) is 23.0 Å². The van der Waals surface area contributed by atoms with Crippen LogP contribution >= 0.6 is 0 Å². The molecule has 0 unspecified atom stereocenters. The van der Waals surface area contributed by atoms with Gasteiger partial charge in [0.1, 0.15) is 0 Å². The van der Waals surface area contributed by atoms with Crippen LogP contribution < -0.4 is 5.32 Å². The number of carbonyl (C=O) groups is 1. The molecule has 1 saturated carbocycles. The van der Waals surface area contributed by atoms with Crippen molar-refractivity contribution in [1.29, 1.82) is 0 Å². The minimum absolute atomic E-state index is 0.0691. The van der Waals surface area contributed by atoms with Gasteiger partial charge in [-0.25, -0.2) is 4.79 Å². The summed E-state index contributed by atoms with van der Waals surface area (Å²) in [6.45, 7) is 2.29. The van der Waals surface area contributed by atoms with Crippen LogP contribution in [0.25, 0.3) is 0 Å². The van der Waals surface area contributed by atoms with Crippen LogP contribution in [0, 0.1) is 17.0 Å². The molecule has 0 bridgehead atoms. The Morgan fingerprint density at radius 3 is 2.72 bits per heavy atom. The predicted octanol–water partition coefficient (Wildman–Crippen LogP) is 3.57. The topological polar surface area (TPSA) is 94.4 Å². The molecule has 1 heterocycles. The van der Waals surface area contributed by atoms with E-state index in [2.05, 4.69) is 10.3 Å². The van der Waals surface area contributed by atoms with Gasteiger partial charge in [-0.15, -0.1) is 0 Å². The lowest BCUT2D eigenvalue weighted by molar-refractivity contribution is -0.384. The summed E-state index contributed by atoms with van der Waals surface area (Å²) >= 11 is 0. The number of nitro benzene ring substituents is 1. The highest BCUT2D eigenvalue weighted by Gasteiger charge is 2.30. The van der Waals surface area contributed by atoms with Crippen molar-refractivity contribution in [1.82, 2.24) is 4.98 Å². The average Bonchev–Trinajstić information content (AvgIpc) is 3.44. The largest absolute Gasteiger partial charge is 0.465 e. The maximum atomic E-state index is 11.9. The fourth-order valence-electron chi connectivity index (χ4n) is 2.71. The number of rotatable bonds is 6. The molecule has 7 nitrogen and oxygen atoms in total. The van der Waals surface area contributed by atoms with Gasteiger partial charge in [0, 0.05) is 23.7 Å². The third-order valence-electron chi connectivity index (χ3n) is 4.23. The third kappa shape index (κ3) is 3.76. The molecular formula is C18H19N3O4. The lowest BCUT2D eigenvalue weighted by atomic mass is 10.1. The summed E-state index contributed by atoms with van der Waals surface area (Å²) in [5.41, 5.74) is 3.82. The second-order valence-electron chi connectivity index (χ2n) is 6.11. The molecule has 1 aromatic heterocycles. The van der Waals surface area contributed by atoms with Crippen LogP contribution in [0.3, 0.4) is 0 Å². The highest BCUT2D eigenvalue weighted by atomic mass is 16.6. The number of pyridine rings is 1. The zero-order valence-electron chi connectivity index (χ0n) is 14.1. The Labute approximate surface area is 145 Å². The SMILES string of the molecule is COC(=O)c1ccc(CNc2ccc([N+](=O)[O-])cc2C)nc1C1CC1. The number of hydrogen-bond donors (Lipinski definition) is 1. The first-order valence-electron chi connectivity index (χ1n) is 8.06. The Balaban J connectivity index is 1.76. The number of anilines is 1. The van der Waals surface area contributed by atoms with Crippen LogP contribution in [0.1, 0.15) is 46.1 Å². The molecule has 3 rings (SSSR count). The highest BCUT2D eigenvalue weighted by molar-refractivity contribution is 5.90. The maximum Gasteiger partial charge on any atom is 0.339 e. The van der Waals surface area contributed by atoms with Gasteiger partial charge in [-0.1, -0.05) is 0 Å². The lowest BCUT2D eigenvalue weighted by Gasteiger charge is -2.12. The molecule has 7 heteroatoms. The molecule has 0 atom stereocenters. The van der Waals surface area contributed by atoms with E-state index in [1.807, 2.05) is 6.92 Å². The molecule has 1 fully saturated rings. The fraction of sp³-hybridized carbons (Fsp3) is 0.333. The number of ether oxygens (including phenoxy) is 1. The van der Waals surface area contributed by atoms with Gasteiger partial charge in [0.05, 0.1) is 35.5 Å². The van der Waals surface area contributed by atoms with Crippen molar-refractivity contribution in [3.8, 4) is 0 Å². The fourth-order valence-corrected chi connectivity index (χ4v) is 2.71. The van der Waals surface area contributed by atoms with E-state index in [0.29, 0.717) is 18.0 Å². The monoisotopic (exact) mass is 341 g/mol. The summed E-state index contributed by atoms with van der Waals surface area (Å²) in [6, 6.07) is 8.25. The van der Waals surface area contributed by atoms with Crippen LogP contribution in [0.4, 0.5) is 11.4 Å². The van der Waals surface area contributed by atoms with Gasteiger partial charge >= 0.3 is 5.97 Å². The van der Waals surface area contributed by atoms with Crippen molar-refractivity contribution in [3.05, 3.63) is 63.0 Å². The molecule has 0 radical (unpaired) electrons. The molecule has 1 aliphatic rings. The van der Waals surface area contributed by atoms with Crippen LogP contribution in [-0.2, 0) is 11.3 Å². The molecule has 1 N–H and O–H groups in total. The van der Waals surface area contributed by atoms with Gasteiger partial charge in [-0.2, -0.15) is 0 Å². The molecule has 2 aromatic rings. The number of esters is 1. The highest BCUT2D eigenvalue weighted by Crippen LogP contribution is 2.40. The number of nitro groups is 1. The Bertz CT molecular complexity index is 831. The average molecular weight is 341 g/mol. The zero-order valence-corrected chi connectivity index (χ0v) is 14.1. The zero-order chi connectivity index (χ0) is 18.0. The molecule has 130 valence electrons. The molecule has 0 amide bonds. The van der Waals surface area contributed by atoms with Gasteiger partial charge in [-0.05, 0) is 43.5 Å². The minimum atomic E-state index is -0.411. The van der Waals surface area contributed by atoms with Gasteiger partial charge in [0.2, 0.25) is 0 Å². The van der Waals surface area contributed by atoms with E-state index in [0.717, 1.165) is 35.5 Å². The number of carbonyl (C=O) groups excluding carboxylic acids is 1. The number of hydrogen-bond acceptors (Lipinski definition) is 6. The quantitative estimate of drug-likeness (QED) is 0.490. The van der Waals surface area contributed by atoms with Gasteiger partial charge in [0.15, 0.2) is 0 Å². The van der Waals surface area contributed by atoms with Gasteiger partial charge < -0.3 is 10.1 Å². The second-order valence-corrected chi connectivity index (χ2v) is 6.11. The first-order valence-corrected chi connectivity index (χ1v) is 8.06. The number of aryl methyl sites for hydroxylation is 1. The first-order chi connectivity index (χ1) is 12.0. The van der Waals surface area contributed by atoms with Crippen molar-refractivity contribution in [2.24, 2.45) is 0 Å². The van der Waals surface area contributed by atoms with Crippen LogP contribution in [0.15, 0.2) is 30.3 Å². The van der Waals surface area contributed by atoms with E-state index in [1.165, 1.54) is 19.2 Å². The van der Waals surface area contributed by atoms with Gasteiger partial charge in [0.25, 0.3) is 5.69 Å². The summed E-state index contributed by atoms with van der Waals surface area (Å²) in [6.07, 6.45) is 2.07. The molecule has 1 aromatic carbocycles. The van der Waals surface area contributed by atoms with Crippen molar-refractivity contribution in [2.75, 3.05) is 12.4 Å². The van der Waals surface area contributed by atoms with Gasteiger partial charge in [-0.3, -0.25) is 15.1 Å². The Morgan fingerprint density at radius 1 is 1.36 bits per heavy atom. The van der Waals surface area contributed by atoms with Crippen molar-refractivity contribution >= 4 is 17.3 Å². The van der Waals surface area contributed by atoms with E-state index in [1.54, 1.807) is 18.2 Å². The summed E-state index contributed by atoms with van der Waals surface area (Å²) in [4.78, 5) is 26.9. The van der Waals surface area contributed by atoms with E-state index >= 15 is 0 Å². The molecule has 0 spiro atoms. The Morgan fingerprint density at radius 2 is 2.12 bits per heavy atom. The molecule has 0 aliphatic heterocycles. The summed E-state index contributed by atoms with van der Waals surface area (Å²) in [7, 11) is 1.37. The predicted molar refractivity (Wildman–Crippen MR) is 92.7 cm³/mol. The molecule has 1 aliphatic carbocycles. The first kappa shape index (κ1) is 16.9. The summed E-state index contributed by atoms with van der Waals surface area (Å²) in [5.74, 6) is -0.0321. The van der Waals surface area contributed by atoms with E-state index in [-0.39, 0.29) is 11.7 Å². The standard InChI is InChI=1S/C18H19N3O4/c1-11-9-14(21(23)24)6-8-16(11)19-10-13-5-7-15(18(22)25-2)17(20-13)12-3-4-12/h5-9,12,19H,3-4,10H2,1-2H3. The Kier molecular flexibility index (Phi) is 4.65. The van der Waals surface area contributed by atoms with Crippen molar-refractivity contribution in [3.63, 3.8) is 0 Å². The number of nitrogens with one attached hydrogen (secondary N) is 1. The van der Waals surface area contributed by atoms with Crippen LogP contribution in [0.5, 0.6) is 0 Å². The lowest BCUT2D eigenvalue weighted by Crippen LogP contribution is -2.10. The normalized spacial score (nSPS) is 13.4. The minimum Gasteiger partial charge on any atom is -0.465 e. The molecule has 0 saturated heterocycles. The molecular weight excluding hydrogens is 322 g/mol. The van der Waals surface area contributed by atoms with E-state index < -0.39 is 4.92 Å². The Hall–Kier alpha value is -2.96. The summed E-state index contributed by atoms with van der Waals surface area (Å²) in [5, 5.41) is 14.0. The number of non-ortho nitro benzene ring substituents is 1. The maximum absolute atomic E-state index is 11.9. The molecule has 25 heavy (non-hydrogen) atoms. The van der Waals surface area contributed by atoms with Crippen molar-refractivity contribution in [2.45, 2.75) is 32.2 Å². The smallest absolute Gasteiger partial charge is 0.339 e. The van der Waals surface area contributed by atoms with E-state index in [4.69, 9.17) is 4.74 Å². The number of aromatic nitrogens is 1. The number of nitrogens with zero attached hydrogens (tertiary/aromatic N) is 2. The third-order valence-corrected chi connectivity index (χ3v) is 4.23. The number of benzene rings is 1.